The molecule has 2 N–H and O–H groups in total. The zero-order valence-electron chi connectivity index (χ0n) is 17.5. The number of hydrogen-bond donors (Lipinski definition) is 2. The number of nitrogens with zero attached hydrogens (tertiary/aromatic N) is 4. The van der Waals surface area contributed by atoms with Crippen LogP contribution in [0.2, 0.25) is 0 Å². The molecular formula is C24H24FN5O2. The molecule has 0 saturated carbocycles. The van der Waals surface area contributed by atoms with Gasteiger partial charge < -0.3 is 15.2 Å². The fourth-order valence-corrected chi connectivity index (χ4v) is 5.27. The van der Waals surface area contributed by atoms with Gasteiger partial charge in [-0.15, -0.1) is 10.2 Å². The lowest BCUT2D eigenvalue weighted by Gasteiger charge is -2.44. The van der Waals surface area contributed by atoms with Gasteiger partial charge in [-0.1, -0.05) is 6.42 Å². The van der Waals surface area contributed by atoms with Crippen molar-refractivity contribution in [2.45, 2.75) is 43.9 Å². The highest BCUT2D eigenvalue weighted by atomic mass is 19.1. The number of nitrogens with one attached hydrogen (secondary N) is 1. The number of aromatic hydroxyl groups is 1. The number of halogens is 1. The first-order valence-electron chi connectivity index (χ1n) is 11.1. The average Bonchev–Trinajstić information content (AvgIpc) is 3.36. The molecule has 32 heavy (non-hydrogen) atoms. The summed E-state index contributed by atoms with van der Waals surface area (Å²) in [6.45, 7) is 0.379. The number of alkyl halides is 1. The van der Waals surface area contributed by atoms with Crippen molar-refractivity contribution in [3.05, 3.63) is 54.5 Å². The molecule has 3 aliphatic rings. The van der Waals surface area contributed by atoms with E-state index >= 15 is 4.39 Å². The fraction of sp³-hybridized carbons (Fsp3) is 0.375. The van der Waals surface area contributed by atoms with Crippen LogP contribution in [-0.2, 0) is 0 Å². The zero-order valence-corrected chi connectivity index (χ0v) is 17.5. The number of allylic oxidation sites excluding steroid dienone is 1. The molecule has 5 heterocycles. The summed E-state index contributed by atoms with van der Waals surface area (Å²) in [6, 6.07) is 9.15. The number of rotatable bonds is 3. The molecule has 2 fully saturated rings. The van der Waals surface area contributed by atoms with Gasteiger partial charge >= 0.3 is 0 Å². The van der Waals surface area contributed by atoms with Gasteiger partial charge in [-0.3, -0.25) is 0 Å². The Morgan fingerprint density at radius 3 is 2.97 bits per heavy atom. The Balaban J connectivity index is 1.31. The lowest BCUT2D eigenvalue weighted by Crippen LogP contribution is -2.55. The molecule has 2 saturated heterocycles. The maximum absolute atomic E-state index is 15.3. The predicted octanol–water partition coefficient (Wildman–Crippen LogP) is 3.68. The maximum Gasteiger partial charge on any atom is 0.149 e. The lowest BCUT2D eigenvalue weighted by atomic mass is 9.74. The zero-order chi connectivity index (χ0) is 21.7. The molecule has 3 aliphatic heterocycles. The standard InChI is InChI=1S/C24H24FN5O2/c25-23-18(11-14-3-1-4-19(23)27-14)16-7-10-32-22-13-20(28-29-24(16)22)17-6-5-15(12-21(17)31)30-9-2-8-26-30/h2,5-9,12-14,18-19,23,27,31H,1,3-4,10-11H2/t14-,18-,19+,23+/m1/s1. The molecule has 2 aromatic heterocycles. The van der Waals surface area contributed by atoms with E-state index in [0.717, 1.165) is 36.9 Å². The average molecular weight is 433 g/mol. The van der Waals surface area contributed by atoms with E-state index in [-0.39, 0.29) is 17.7 Å². The van der Waals surface area contributed by atoms with Crippen molar-refractivity contribution in [3.8, 4) is 28.4 Å². The van der Waals surface area contributed by atoms with Crippen LogP contribution >= 0.6 is 0 Å². The Morgan fingerprint density at radius 1 is 1.19 bits per heavy atom. The van der Waals surface area contributed by atoms with Crippen molar-refractivity contribution >= 4 is 5.57 Å². The van der Waals surface area contributed by atoms with Gasteiger partial charge in [0.2, 0.25) is 0 Å². The van der Waals surface area contributed by atoms with Crippen LogP contribution in [0.1, 0.15) is 31.4 Å². The molecule has 0 unspecified atom stereocenters. The van der Waals surface area contributed by atoms with Gasteiger partial charge in [-0.25, -0.2) is 9.07 Å². The van der Waals surface area contributed by atoms with Crippen molar-refractivity contribution in [2.75, 3.05) is 6.61 Å². The van der Waals surface area contributed by atoms with Crippen molar-refractivity contribution in [2.24, 2.45) is 5.92 Å². The summed E-state index contributed by atoms with van der Waals surface area (Å²) < 4.78 is 22.8. The molecule has 4 atom stereocenters. The normalized spacial score (nSPS) is 26.7. The number of ether oxygens (including phenoxy) is 1. The van der Waals surface area contributed by atoms with Crippen molar-refractivity contribution < 1.29 is 14.2 Å². The molecular weight excluding hydrogens is 409 g/mol. The third kappa shape index (κ3) is 3.26. The first-order chi connectivity index (χ1) is 15.7. The van der Waals surface area contributed by atoms with E-state index in [1.54, 1.807) is 29.1 Å². The van der Waals surface area contributed by atoms with Crippen molar-refractivity contribution in [1.82, 2.24) is 25.3 Å². The van der Waals surface area contributed by atoms with Crippen LogP contribution in [0.25, 0.3) is 22.5 Å². The predicted molar refractivity (Wildman–Crippen MR) is 117 cm³/mol. The van der Waals surface area contributed by atoms with Crippen LogP contribution in [0.4, 0.5) is 4.39 Å². The molecule has 6 rings (SSSR count). The third-order valence-electron chi connectivity index (χ3n) is 6.82. The highest BCUT2D eigenvalue weighted by Crippen LogP contribution is 2.43. The number of aromatic nitrogens is 4. The molecule has 8 heteroatoms. The van der Waals surface area contributed by atoms with Gasteiger partial charge in [0.05, 0.1) is 5.69 Å². The summed E-state index contributed by atoms with van der Waals surface area (Å²) in [5, 5.41) is 27.0. The number of phenols is 1. The quantitative estimate of drug-likeness (QED) is 0.656. The Morgan fingerprint density at radius 2 is 2.12 bits per heavy atom. The number of piperidine rings is 2. The molecule has 0 aliphatic carbocycles. The number of benzene rings is 1. The van der Waals surface area contributed by atoms with Gasteiger partial charge in [0.25, 0.3) is 0 Å². The van der Waals surface area contributed by atoms with Gasteiger partial charge in [0.1, 0.15) is 35.7 Å². The molecule has 0 radical (unpaired) electrons. The van der Waals surface area contributed by atoms with Crippen molar-refractivity contribution in [3.63, 3.8) is 0 Å². The minimum Gasteiger partial charge on any atom is -0.507 e. The van der Waals surface area contributed by atoms with Crippen LogP contribution in [0, 0.1) is 5.92 Å². The van der Waals surface area contributed by atoms with Gasteiger partial charge in [0.15, 0.2) is 0 Å². The van der Waals surface area contributed by atoms with Gasteiger partial charge in [-0.05, 0) is 49.1 Å². The Labute approximate surface area is 184 Å². The highest BCUT2D eigenvalue weighted by Gasteiger charge is 2.42. The van der Waals surface area contributed by atoms with Crippen LogP contribution in [0.3, 0.4) is 0 Å². The molecule has 0 spiro atoms. The number of phenolic OH excluding ortho intramolecular Hbond substituents is 1. The van der Waals surface area contributed by atoms with E-state index < -0.39 is 6.17 Å². The van der Waals surface area contributed by atoms with Crippen LogP contribution < -0.4 is 10.1 Å². The Hall–Kier alpha value is -3.26. The summed E-state index contributed by atoms with van der Waals surface area (Å²) in [5.41, 5.74) is 3.31. The van der Waals surface area contributed by atoms with Gasteiger partial charge in [-0.2, -0.15) is 5.10 Å². The largest absolute Gasteiger partial charge is 0.507 e. The molecule has 3 aromatic rings. The summed E-state index contributed by atoms with van der Waals surface area (Å²) in [7, 11) is 0. The van der Waals surface area contributed by atoms with Crippen LogP contribution in [0.5, 0.6) is 11.5 Å². The lowest BCUT2D eigenvalue weighted by molar-refractivity contribution is 0.0974. The van der Waals surface area contributed by atoms with E-state index in [9.17, 15) is 5.11 Å². The van der Waals surface area contributed by atoms with E-state index in [4.69, 9.17) is 4.74 Å². The second-order valence-corrected chi connectivity index (χ2v) is 8.75. The van der Waals surface area contributed by atoms with Crippen LogP contribution in [-0.4, -0.2) is 49.9 Å². The SMILES string of the molecule is Oc1cc(-n2cccn2)ccc1-c1cc2c(nn1)C([C@H]1C[C@H]3CCC[C@H](N3)[C@H]1F)=CCO2. The first kappa shape index (κ1) is 19.4. The fourth-order valence-electron chi connectivity index (χ4n) is 5.27. The second-order valence-electron chi connectivity index (χ2n) is 8.75. The Bertz CT molecular complexity index is 1180. The molecule has 0 amide bonds. The Kier molecular flexibility index (Phi) is 4.68. The maximum atomic E-state index is 15.3. The van der Waals surface area contributed by atoms with E-state index in [1.807, 2.05) is 24.4 Å². The first-order valence-corrected chi connectivity index (χ1v) is 11.1. The summed E-state index contributed by atoms with van der Waals surface area (Å²) in [4.78, 5) is 0. The molecule has 1 aromatic carbocycles. The summed E-state index contributed by atoms with van der Waals surface area (Å²) in [6.07, 6.45) is 8.32. The number of fused-ring (bicyclic) bond motifs is 3. The van der Waals surface area contributed by atoms with Gasteiger partial charge in [0, 0.05) is 48.1 Å². The van der Waals surface area contributed by atoms with E-state index in [1.165, 1.54) is 0 Å². The highest BCUT2D eigenvalue weighted by molar-refractivity contribution is 5.75. The molecule has 164 valence electrons. The minimum atomic E-state index is -0.941. The topological polar surface area (TPSA) is 85.1 Å². The summed E-state index contributed by atoms with van der Waals surface area (Å²) >= 11 is 0. The smallest absolute Gasteiger partial charge is 0.149 e. The molecule has 7 nitrogen and oxygen atoms in total. The second kappa shape index (κ2) is 7.70. The van der Waals surface area contributed by atoms with E-state index in [0.29, 0.717) is 35.3 Å². The van der Waals surface area contributed by atoms with E-state index in [2.05, 4.69) is 20.6 Å². The minimum absolute atomic E-state index is 0.0776. The third-order valence-corrected chi connectivity index (χ3v) is 6.82. The monoisotopic (exact) mass is 433 g/mol. The number of hydrogen-bond acceptors (Lipinski definition) is 6. The van der Waals surface area contributed by atoms with Crippen molar-refractivity contribution in [1.29, 1.82) is 0 Å². The molecule has 2 bridgehead atoms. The van der Waals surface area contributed by atoms with Crippen LogP contribution in [0.15, 0.2) is 48.8 Å². The summed E-state index contributed by atoms with van der Waals surface area (Å²) in [5.74, 6) is 0.462.